The molecule has 0 heterocycles. The highest BCUT2D eigenvalue weighted by molar-refractivity contribution is 7.47. The molecule has 2 atom stereocenters. The van der Waals surface area contributed by atoms with Crippen molar-refractivity contribution >= 4 is 13.8 Å². The summed E-state index contributed by atoms with van der Waals surface area (Å²) < 4.78 is 33.5. The summed E-state index contributed by atoms with van der Waals surface area (Å²) in [5, 5.41) is 0. The molecule has 0 rings (SSSR count). The lowest BCUT2D eigenvalue weighted by Crippen LogP contribution is -2.28. The molecule has 0 spiro atoms. The van der Waals surface area contributed by atoms with E-state index in [1.54, 1.807) is 0 Å². The van der Waals surface area contributed by atoms with Gasteiger partial charge in [-0.15, -0.1) is 0 Å². The number of phosphoric ester groups is 1. The number of esters is 1. The van der Waals surface area contributed by atoms with Crippen molar-refractivity contribution < 1.29 is 32.8 Å². The third-order valence-electron chi connectivity index (χ3n) is 10.3. The molecule has 3 N–H and O–H groups in total. The molecule has 0 aliphatic heterocycles. The number of nitrogens with two attached hydrogens (primary N) is 1. The van der Waals surface area contributed by atoms with Gasteiger partial charge in [-0.2, -0.15) is 0 Å². The molecule has 0 saturated heterocycles. The van der Waals surface area contributed by atoms with Crippen molar-refractivity contribution in [3.8, 4) is 0 Å². The van der Waals surface area contributed by atoms with Gasteiger partial charge in [0.2, 0.25) is 0 Å². The molecule has 0 aromatic rings. The van der Waals surface area contributed by atoms with Crippen LogP contribution in [0.2, 0.25) is 0 Å². The van der Waals surface area contributed by atoms with E-state index in [0.717, 1.165) is 32.1 Å². The van der Waals surface area contributed by atoms with E-state index in [0.29, 0.717) is 13.0 Å². The van der Waals surface area contributed by atoms with Gasteiger partial charge in [-0.3, -0.25) is 13.8 Å². The Labute approximate surface area is 329 Å². The maximum absolute atomic E-state index is 12.6. The van der Waals surface area contributed by atoms with Gasteiger partial charge < -0.3 is 20.1 Å². The molecule has 0 aromatic carbocycles. The minimum atomic E-state index is -4.27. The number of carbonyl (C=O) groups excluding carboxylic acids is 1. The van der Waals surface area contributed by atoms with Crippen LogP contribution in [0, 0.1) is 0 Å². The number of rotatable bonds is 45. The fraction of sp³-hybridized carbons (Fsp3) is 0.977. The molecule has 0 aliphatic rings. The summed E-state index contributed by atoms with van der Waals surface area (Å²) in [7, 11) is -4.27. The Morgan fingerprint density at radius 2 is 0.830 bits per heavy atom. The molecular formula is C44H90NO7P. The summed E-state index contributed by atoms with van der Waals surface area (Å²) in [5.74, 6) is -0.323. The number of carbonyl (C=O) groups is 1. The number of unbranched alkanes of at least 4 members (excludes halogenated alkanes) is 32. The maximum atomic E-state index is 12.6. The van der Waals surface area contributed by atoms with Gasteiger partial charge in [-0.05, 0) is 12.8 Å². The van der Waals surface area contributed by atoms with Crippen molar-refractivity contribution in [1.29, 1.82) is 0 Å². The zero-order valence-corrected chi connectivity index (χ0v) is 36.2. The number of ether oxygens (including phenoxy) is 2. The van der Waals surface area contributed by atoms with E-state index in [4.69, 9.17) is 24.3 Å². The zero-order valence-electron chi connectivity index (χ0n) is 35.3. The fourth-order valence-electron chi connectivity index (χ4n) is 6.88. The Balaban J connectivity index is 3.94. The number of hydrogen-bond donors (Lipinski definition) is 2. The third-order valence-corrected chi connectivity index (χ3v) is 11.3. The van der Waals surface area contributed by atoms with E-state index in [2.05, 4.69) is 13.8 Å². The average Bonchev–Trinajstić information content (AvgIpc) is 3.15. The molecule has 318 valence electrons. The van der Waals surface area contributed by atoms with E-state index in [1.165, 1.54) is 186 Å². The summed E-state index contributed by atoms with van der Waals surface area (Å²) in [4.78, 5) is 22.5. The van der Waals surface area contributed by atoms with Gasteiger partial charge in [-0.1, -0.05) is 219 Å². The highest BCUT2D eigenvalue weighted by Gasteiger charge is 2.25. The van der Waals surface area contributed by atoms with Crippen molar-refractivity contribution in [2.75, 3.05) is 33.0 Å². The Morgan fingerprint density at radius 1 is 0.491 bits per heavy atom. The summed E-state index contributed by atoms with van der Waals surface area (Å²) in [6, 6.07) is 0. The third kappa shape index (κ3) is 42.5. The first-order valence-electron chi connectivity index (χ1n) is 23.0. The monoisotopic (exact) mass is 776 g/mol. The van der Waals surface area contributed by atoms with Crippen LogP contribution in [0.25, 0.3) is 0 Å². The molecule has 0 radical (unpaired) electrons. The van der Waals surface area contributed by atoms with Gasteiger partial charge >= 0.3 is 13.8 Å². The second-order valence-electron chi connectivity index (χ2n) is 15.6. The average molecular weight is 776 g/mol. The van der Waals surface area contributed by atoms with Gasteiger partial charge in [0, 0.05) is 19.6 Å². The van der Waals surface area contributed by atoms with Crippen LogP contribution in [-0.4, -0.2) is 49.9 Å². The van der Waals surface area contributed by atoms with Crippen LogP contribution in [0.4, 0.5) is 0 Å². The number of phosphoric acid groups is 1. The lowest BCUT2D eigenvalue weighted by atomic mass is 10.0. The van der Waals surface area contributed by atoms with E-state index < -0.39 is 13.9 Å². The van der Waals surface area contributed by atoms with E-state index in [-0.39, 0.29) is 32.3 Å². The molecule has 0 fully saturated rings. The lowest BCUT2D eigenvalue weighted by molar-refractivity contribution is -0.154. The molecule has 8 nitrogen and oxygen atoms in total. The smallest absolute Gasteiger partial charge is 0.457 e. The van der Waals surface area contributed by atoms with Gasteiger partial charge in [0.15, 0.2) is 0 Å². The molecule has 0 aliphatic carbocycles. The van der Waals surface area contributed by atoms with Gasteiger partial charge in [0.1, 0.15) is 6.10 Å². The lowest BCUT2D eigenvalue weighted by Gasteiger charge is -2.20. The molecule has 9 heteroatoms. The Morgan fingerprint density at radius 3 is 1.19 bits per heavy atom. The molecule has 0 saturated carbocycles. The fourth-order valence-corrected chi connectivity index (χ4v) is 7.65. The number of hydrogen-bond acceptors (Lipinski definition) is 7. The summed E-state index contributed by atoms with van der Waals surface area (Å²) in [6.07, 6.45) is 44.0. The van der Waals surface area contributed by atoms with Crippen molar-refractivity contribution in [2.45, 2.75) is 245 Å². The Kier molecular flexibility index (Phi) is 42.2. The van der Waals surface area contributed by atoms with Crippen LogP contribution in [0.1, 0.15) is 239 Å². The summed E-state index contributed by atoms with van der Waals surface area (Å²) in [6.45, 7) is 4.99. The topological polar surface area (TPSA) is 117 Å². The quantitative estimate of drug-likeness (QED) is 0.0357. The molecule has 0 bridgehead atoms. The van der Waals surface area contributed by atoms with Crippen LogP contribution >= 0.6 is 7.82 Å². The predicted octanol–water partition coefficient (Wildman–Crippen LogP) is 13.7. The summed E-state index contributed by atoms with van der Waals surface area (Å²) >= 11 is 0. The van der Waals surface area contributed by atoms with Crippen LogP contribution in [0.3, 0.4) is 0 Å². The Bertz CT molecular complexity index is 787. The maximum Gasteiger partial charge on any atom is 0.472 e. The SMILES string of the molecule is CCCCCCCCCCCCCCCCCCCOCC(COP(=O)(O)OCCN)OC(=O)CCCCCCCCCCCCCCCCCCC. The van der Waals surface area contributed by atoms with Crippen molar-refractivity contribution in [3.63, 3.8) is 0 Å². The van der Waals surface area contributed by atoms with E-state index >= 15 is 0 Å². The van der Waals surface area contributed by atoms with Crippen molar-refractivity contribution in [3.05, 3.63) is 0 Å². The molecule has 0 aromatic heterocycles. The van der Waals surface area contributed by atoms with Gasteiger partial charge in [0.25, 0.3) is 0 Å². The second-order valence-corrected chi connectivity index (χ2v) is 17.1. The minimum absolute atomic E-state index is 0.0899. The standard InChI is InChI=1S/C44H90NO7P/c1-3-5-7-9-11-13-15-17-19-21-23-25-27-29-31-33-35-37-44(46)52-43(42-51-53(47,48)50-40-38-45)41-49-39-36-34-32-30-28-26-24-22-20-18-16-14-12-10-8-6-4-2/h43H,3-42,45H2,1-2H3,(H,47,48). The normalized spacial score (nSPS) is 13.4. The highest BCUT2D eigenvalue weighted by Crippen LogP contribution is 2.43. The van der Waals surface area contributed by atoms with Crippen LogP contribution in [0.15, 0.2) is 0 Å². The summed E-state index contributed by atoms with van der Waals surface area (Å²) in [5.41, 5.74) is 5.38. The highest BCUT2D eigenvalue weighted by atomic mass is 31.2. The second kappa shape index (κ2) is 42.6. The Hall–Kier alpha value is -0.500. The molecule has 53 heavy (non-hydrogen) atoms. The molecular weight excluding hydrogens is 685 g/mol. The predicted molar refractivity (Wildman–Crippen MR) is 224 cm³/mol. The molecule has 2 unspecified atom stereocenters. The first kappa shape index (κ1) is 52.5. The largest absolute Gasteiger partial charge is 0.472 e. The van der Waals surface area contributed by atoms with Gasteiger partial charge in [0.05, 0.1) is 19.8 Å². The zero-order chi connectivity index (χ0) is 38.8. The minimum Gasteiger partial charge on any atom is -0.457 e. The van der Waals surface area contributed by atoms with Crippen molar-refractivity contribution in [2.24, 2.45) is 5.73 Å². The molecule has 0 amide bonds. The van der Waals surface area contributed by atoms with Crippen LogP contribution in [0.5, 0.6) is 0 Å². The van der Waals surface area contributed by atoms with Crippen molar-refractivity contribution in [1.82, 2.24) is 0 Å². The van der Waals surface area contributed by atoms with Crippen LogP contribution in [-0.2, 0) is 27.9 Å². The van der Waals surface area contributed by atoms with E-state index in [1.807, 2.05) is 0 Å². The first-order chi connectivity index (χ1) is 25.9. The van der Waals surface area contributed by atoms with Gasteiger partial charge in [-0.25, -0.2) is 4.57 Å². The van der Waals surface area contributed by atoms with Crippen LogP contribution < -0.4 is 5.73 Å². The first-order valence-corrected chi connectivity index (χ1v) is 24.5. The van der Waals surface area contributed by atoms with E-state index in [9.17, 15) is 14.3 Å².